The van der Waals surface area contributed by atoms with Gasteiger partial charge in [-0.15, -0.1) is 9.60 Å². The van der Waals surface area contributed by atoms with Crippen LogP contribution >= 0.6 is 0 Å². The van der Waals surface area contributed by atoms with E-state index in [9.17, 15) is 4.48 Å². The van der Waals surface area contributed by atoms with Gasteiger partial charge in [-0.3, -0.25) is 0 Å². The van der Waals surface area contributed by atoms with E-state index in [1.165, 1.54) is 73.9 Å². The maximum absolute atomic E-state index is 12.4. The number of nitrogens with zero attached hydrogens (tertiary/aromatic N) is 1. The van der Waals surface area contributed by atoms with E-state index in [4.69, 9.17) is 9.59 Å². The predicted octanol–water partition coefficient (Wildman–Crippen LogP) is 10.8. The van der Waals surface area contributed by atoms with Crippen molar-refractivity contribution in [1.82, 2.24) is 10.4 Å². The van der Waals surface area contributed by atoms with Crippen molar-refractivity contribution < 1.29 is 14.1 Å². The summed E-state index contributed by atoms with van der Waals surface area (Å²) in [7, 11) is 3.23. The van der Waals surface area contributed by atoms with Crippen LogP contribution in [0, 0.1) is 19.8 Å². The van der Waals surface area contributed by atoms with Crippen LogP contribution in [0.3, 0.4) is 0 Å². The molecule has 4 nitrogen and oxygen atoms in total. The molecule has 0 aromatic heterocycles. The molecule has 0 saturated heterocycles. The summed E-state index contributed by atoms with van der Waals surface area (Å²) in [5, 5.41) is 3.55. The Labute approximate surface area is 271 Å². The average Bonchev–Trinajstić information content (AvgIpc) is 3.00. The monoisotopic (exact) mass is 613 g/mol. The van der Waals surface area contributed by atoms with Gasteiger partial charge in [0.25, 0.3) is 0 Å². The first-order valence-corrected chi connectivity index (χ1v) is 16.0. The molecule has 2 aromatic rings. The fourth-order valence-electron chi connectivity index (χ4n) is 3.96. The maximum Gasteiger partial charge on any atom is 0.116 e. The van der Waals surface area contributed by atoms with Crippen LogP contribution in [0.4, 0.5) is 4.48 Å². The Balaban J connectivity index is -0.000000269. The van der Waals surface area contributed by atoms with E-state index in [-0.39, 0.29) is 0 Å². The van der Waals surface area contributed by atoms with Gasteiger partial charge in [-0.2, -0.15) is 0 Å². The molecular weight excluding hydrogens is 547 g/mol. The van der Waals surface area contributed by atoms with Crippen molar-refractivity contribution in [2.45, 2.75) is 101 Å². The topological polar surface area (TPSA) is 49.4 Å². The minimum atomic E-state index is 0.397. The zero-order valence-corrected chi connectivity index (χ0v) is 30.0. The van der Waals surface area contributed by atoms with Crippen molar-refractivity contribution in [3.63, 3.8) is 0 Å². The number of aryl methyl sites for hydroxylation is 3. The molecule has 0 aliphatic rings. The van der Waals surface area contributed by atoms with Gasteiger partial charge >= 0.3 is 0 Å². The minimum Gasteiger partial charge on any atom is -0.394 e. The molecule has 250 valence electrons. The van der Waals surface area contributed by atoms with Crippen LogP contribution in [0.1, 0.15) is 97.3 Å². The van der Waals surface area contributed by atoms with Crippen molar-refractivity contribution in [2.24, 2.45) is 5.92 Å². The number of nitrogens with one attached hydrogen (secondary N) is 1. The summed E-state index contributed by atoms with van der Waals surface area (Å²) in [6, 6.07) is 15.5. The Kier molecular flexibility index (Phi) is 38.8. The van der Waals surface area contributed by atoms with E-state index in [1.807, 2.05) is 46.0 Å². The lowest BCUT2D eigenvalue weighted by Gasteiger charge is -2.11. The van der Waals surface area contributed by atoms with Crippen molar-refractivity contribution in [3.8, 4) is 11.1 Å². The summed E-state index contributed by atoms with van der Waals surface area (Å²) in [5.74, 6) is 0.898. The van der Waals surface area contributed by atoms with E-state index < -0.39 is 0 Å². The standard InChI is InChI=1S/C18H22.C10H17FN2.C6H14.C2H4O.C2H6.CH2O/c1-4-5-10-16-11-7-12-17(13-16)18-14(2)8-6-9-15(18)3;1-4-5-10(6-8-12-2)7-9-13(3)11;1-4-5-6(2)3;1-2-3;2*1-2/h6-9,11-13H,4-5,10H2,1-3H3;4-6,8,12H,1,7,9H2,2-3H3;6H,4-5H2,1-3H3;2H,1H3;1-2H3;1H2/b;8-6-,10-5+;;;;. The Morgan fingerprint density at radius 3 is 1.98 bits per heavy atom. The van der Waals surface area contributed by atoms with Gasteiger partial charge in [0.15, 0.2) is 0 Å². The number of benzene rings is 2. The highest BCUT2D eigenvalue weighted by molar-refractivity contribution is 5.71. The minimum absolute atomic E-state index is 0.397. The van der Waals surface area contributed by atoms with Crippen LogP contribution in [0.5, 0.6) is 0 Å². The molecule has 1 N–H and O–H groups in total. The quantitative estimate of drug-likeness (QED) is 0.147. The van der Waals surface area contributed by atoms with Crippen LogP contribution in [0.25, 0.3) is 11.1 Å². The number of rotatable bonds is 12. The number of allylic oxidation sites excluding steroid dienone is 3. The number of hydrogen-bond acceptors (Lipinski definition) is 4. The third-order valence-corrected chi connectivity index (χ3v) is 5.89. The number of halogens is 1. The summed E-state index contributed by atoms with van der Waals surface area (Å²) in [6.45, 7) is 24.8. The van der Waals surface area contributed by atoms with Crippen LogP contribution < -0.4 is 5.32 Å². The van der Waals surface area contributed by atoms with Crippen molar-refractivity contribution >= 4 is 13.1 Å². The Morgan fingerprint density at radius 1 is 1.02 bits per heavy atom. The largest absolute Gasteiger partial charge is 0.394 e. The molecule has 0 heterocycles. The van der Waals surface area contributed by atoms with E-state index in [0.717, 1.165) is 17.8 Å². The molecule has 0 saturated carbocycles. The molecule has 0 spiro atoms. The second kappa shape index (κ2) is 35.9. The molecule has 0 aliphatic carbocycles. The highest BCUT2D eigenvalue weighted by Crippen LogP contribution is 2.28. The van der Waals surface area contributed by atoms with Gasteiger partial charge in [0.1, 0.15) is 13.1 Å². The second-order valence-electron chi connectivity index (χ2n) is 10.2. The number of unbranched alkanes of at least 4 members (excludes halogenated alkanes) is 1. The molecule has 0 bridgehead atoms. The Bertz CT molecular complexity index is 977. The molecule has 2 aromatic carbocycles. The predicted molar refractivity (Wildman–Crippen MR) is 195 cm³/mol. The maximum atomic E-state index is 12.4. The van der Waals surface area contributed by atoms with Gasteiger partial charge in [0.2, 0.25) is 0 Å². The molecule has 5 heteroatoms. The van der Waals surface area contributed by atoms with Crippen molar-refractivity contribution in [3.05, 3.63) is 95.7 Å². The molecule has 0 unspecified atom stereocenters. The lowest BCUT2D eigenvalue weighted by Crippen LogP contribution is -2.08. The van der Waals surface area contributed by atoms with Crippen LogP contribution in [0.15, 0.2) is 79.0 Å². The fraction of sp³-hybridized carbons (Fsp3) is 0.487. The summed E-state index contributed by atoms with van der Waals surface area (Å²) in [4.78, 5) is 16.8. The van der Waals surface area contributed by atoms with Gasteiger partial charge in [0.05, 0.1) is 0 Å². The number of aldehydes is 1. The van der Waals surface area contributed by atoms with Crippen molar-refractivity contribution in [2.75, 3.05) is 20.6 Å². The zero-order chi connectivity index (χ0) is 34.8. The first kappa shape index (κ1) is 47.6. The third kappa shape index (κ3) is 28.8. The van der Waals surface area contributed by atoms with E-state index >= 15 is 0 Å². The first-order valence-electron chi connectivity index (χ1n) is 16.0. The first-order chi connectivity index (χ1) is 21.1. The summed E-state index contributed by atoms with van der Waals surface area (Å²) >= 11 is 0. The van der Waals surface area contributed by atoms with E-state index in [2.05, 4.69) is 95.9 Å². The van der Waals surface area contributed by atoms with Crippen molar-refractivity contribution in [1.29, 1.82) is 0 Å². The highest BCUT2D eigenvalue weighted by Gasteiger charge is 2.05. The Morgan fingerprint density at radius 2 is 1.57 bits per heavy atom. The molecule has 2 rings (SSSR count). The summed E-state index contributed by atoms with van der Waals surface area (Å²) < 4.78 is 12.4. The SMILES string of the molecule is C=C/C=C(\C=C/NC)CCN(C)F.C=O.CC.CC=O.CCCC(C)C.CCCCc1cccc(-c2c(C)cccc2C)c1. The zero-order valence-electron chi connectivity index (χ0n) is 30.0. The molecule has 44 heavy (non-hydrogen) atoms. The van der Waals surface area contributed by atoms with Crippen LogP contribution in [0.2, 0.25) is 0 Å². The van der Waals surface area contributed by atoms with Gasteiger partial charge in [0, 0.05) is 20.6 Å². The van der Waals surface area contributed by atoms with Crippen LogP contribution in [-0.2, 0) is 16.0 Å². The number of carbonyl (C=O) groups excluding carboxylic acids is 2. The molecule has 0 aliphatic heterocycles. The van der Waals surface area contributed by atoms with Gasteiger partial charge in [-0.1, -0.05) is 122 Å². The lowest BCUT2D eigenvalue weighted by molar-refractivity contribution is -0.106. The lowest BCUT2D eigenvalue weighted by atomic mass is 9.94. The number of carbonyl (C=O) groups is 2. The van der Waals surface area contributed by atoms with Gasteiger partial charge in [-0.25, -0.2) is 0 Å². The van der Waals surface area contributed by atoms with Gasteiger partial charge < -0.3 is 14.9 Å². The molecule has 0 radical (unpaired) electrons. The molecule has 0 fully saturated rings. The fourth-order valence-corrected chi connectivity index (χ4v) is 3.96. The number of hydrogen-bond donors (Lipinski definition) is 1. The average molecular weight is 613 g/mol. The second-order valence-corrected chi connectivity index (χ2v) is 10.2. The molecule has 0 amide bonds. The van der Waals surface area contributed by atoms with Crippen LogP contribution in [-0.4, -0.2) is 38.8 Å². The molecule has 0 atom stereocenters. The smallest absolute Gasteiger partial charge is 0.116 e. The van der Waals surface area contributed by atoms with Gasteiger partial charge in [-0.05, 0) is 91.6 Å². The Hall–Kier alpha value is -3.31. The van der Waals surface area contributed by atoms with E-state index in [0.29, 0.717) is 18.1 Å². The third-order valence-electron chi connectivity index (χ3n) is 5.89. The van der Waals surface area contributed by atoms with E-state index in [1.54, 1.807) is 6.08 Å². The summed E-state index contributed by atoms with van der Waals surface area (Å²) in [6.07, 6.45) is 15.2. The normalized spacial score (nSPS) is 9.91. The summed E-state index contributed by atoms with van der Waals surface area (Å²) in [5.41, 5.74) is 7.99. The molecular formula is C39H65FN2O2. The highest BCUT2D eigenvalue weighted by atomic mass is 19.2.